The van der Waals surface area contributed by atoms with E-state index < -0.39 is 0 Å². The summed E-state index contributed by atoms with van der Waals surface area (Å²) in [5, 5.41) is 0. The number of benzene rings is 1. The summed E-state index contributed by atoms with van der Waals surface area (Å²) in [7, 11) is 0. The monoisotopic (exact) mass is 355 g/mol. The number of piperidine rings is 1. The first-order chi connectivity index (χ1) is 12.6. The predicted octanol–water partition coefficient (Wildman–Crippen LogP) is 3.38. The van der Waals surface area contributed by atoms with Gasteiger partial charge in [0.1, 0.15) is 11.6 Å². The van der Waals surface area contributed by atoms with Gasteiger partial charge in [-0.25, -0.2) is 4.98 Å². The van der Waals surface area contributed by atoms with Crippen molar-refractivity contribution in [3.8, 4) is 5.75 Å². The molecule has 0 spiro atoms. The lowest BCUT2D eigenvalue weighted by Crippen LogP contribution is -2.29. The van der Waals surface area contributed by atoms with E-state index in [-0.39, 0.29) is 5.56 Å². The number of nitrogens with one attached hydrogen (secondary N) is 1. The first kappa shape index (κ1) is 18.6. The molecule has 1 aliphatic rings. The number of ether oxygens (including phenoxy) is 1. The fourth-order valence-corrected chi connectivity index (χ4v) is 3.36. The first-order valence-corrected chi connectivity index (χ1v) is 9.62. The molecular formula is C21H29N3O2. The molecule has 140 valence electrons. The van der Waals surface area contributed by atoms with Crippen molar-refractivity contribution in [1.29, 1.82) is 0 Å². The zero-order valence-electron chi connectivity index (χ0n) is 15.9. The second-order valence-electron chi connectivity index (χ2n) is 7.16. The SMILES string of the molecule is Cc1nc(CCCOc2cccc(CN3CCCCC3)c2)[nH]c(=O)c1C. The first-order valence-electron chi connectivity index (χ1n) is 9.62. The molecule has 1 N–H and O–H groups in total. The third kappa shape index (κ3) is 5.18. The summed E-state index contributed by atoms with van der Waals surface area (Å²) in [5.74, 6) is 1.65. The van der Waals surface area contributed by atoms with Gasteiger partial charge in [0.15, 0.2) is 0 Å². The van der Waals surface area contributed by atoms with E-state index in [1.54, 1.807) is 6.92 Å². The number of rotatable bonds is 7. The molecule has 26 heavy (non-hydrogen) atoms. The number of nitrogens with zero attached hydrogens (tertiary/aromatic N) is 2. The molecule has 0 amide bonds. The zero-order chi connectivity index (χ0) is 18.4. The normalized spacial score (nSPS) is 15.2. The summed E-state index contributed by atoms with van der Waals surface area (Å²) in [6.07, 6.45) is 5.52. The molecule has 0 bridgehead atoms. The van der Waals surface area contributed by atoms with Gasteiger partial charge < -0.3 is 9.72 Å². The van der Waals surface area contributed by atoms with Crippen LogP contribution in [0.4, 0.5) is 0 Å². The summed E-state index contributed by atoms with van der Waals surface area (Å²) >= 11 is 0. The largest absolute Gasteiger partial charge is 0.494 e. The molecule has 3 rings (SSSR count). The van der Waals surface area contributed by atoms with Gasteiger partial charge in [0.05, 0.1) is 6.61 Å². The topological polar surface area (TPSA) is 58.2 Å². The van der Waals surface area contributed by atoms with E-state index in [1.165, 1.54) is 37.9 Å². The van der Waals surface area contributed by atoms with Crippen molar-refractivity contribution in [1.82, 2.24) is 14.9 Å². The van der Waals surface area contributed by atoms with Crippen LogP contribution in [0.5, 0.6) is 5.75 Å². The number of hydrogen-bond acceptors (Lipinski definition) is 4. The fraction of sp³-hybridized carbons (Fsp3) is 0.524. The Kier molecular flexibility index (Phi) is 6.45. The Balaban J connectivity index is 1.47. The molecule has 0 atom stereocenters. The second-order valence-corrected chi connectivity index (χ2v) is 7.16. The van der Waals surface area contributed by atoms with E-state index >= 15 is 0 Å². The minimum absolute atomic E-state index is 0.0427. The maximum atomic E-state index is 11.8. The molecule has 0 unspecified atom stereocenters. The summed E-state index contributed by atoms with van der Waals surface area (Å²) in [6, 6.07) is 8.39. The van der Waals surface area contributed by atoms with Gasteiger partial charge in [-0.3, -0.25) is 9.69 Å². The molecule has 1 aromatic heterocycles. The number of hydrogen-bond donors (Lipinski definition) is 1. The lowest BCUT2D eigenvalue weighted by atomic mass is 10.1. The highest BCUT2D eigenvalue weighted by Gasteiger charge is 2.10. The summed E-state index contributed by atoms with van der Waals surface area (Å²) in [4.78, 5) is 21.6. The van der Waals surface area contributed by atoms with Crippen LogP contribution in [-0.4, -0.2) is 34.6 Å². The van der Waals surface area contributed by atoms with Crippen LogP contribution in [0.1, 0.15) is 48.3 Å². The molecule has 2 heterocycles. The van der Waals surface area contributed by atoms with Crippen LogP contribution >= 0.6 is 0 Å². The van der Waals surface area contributed by atoms with Crippen LogP contribution in [0.3, 0.4) is 0 Å². The molecule has 1 saturated heterocycles. The molecule has 0 saturated carbocycles. The van der Waals surface area contributed by atoms with Gasteiger partial charge in [0.2, 0.25) is 0 Å². The molecule has 1 aliphatic heterocycles. The van der Waals surface area contributed by atoms with Crippen LogP contribution in [0.15, 0.2) is 29.1 Å². The highest BCUT2D eigenvalue weighted by atomic mass is 16.5. The van der Waals surface area contributed by atoms with E-state index in [4.69, 9.17) is 4.74 Å². The van der Waals surface area contributed by atoms with Crippen molar-refractivity contribution < 1.29 is 4.74 Å². The average Bonchev–Trinajstić information content (AvgIpc) is 2.64. The van der Waals surface area contributed by atoms with Gasteiger partial charge >= 0.3 is 0 Å². The lowest BCUT2D eigenvalue weighted by molar-refractivity contribution is 0.220. The number of aromatic amines is 1. The van der Waals surface area contributed by atoms with Gasteiger partial charge in [-0.2, -0.15) is 0 Å². The van der Waals surface area contributed by atoms with Crippen molar-refractivity contribution in [2.24, 2.45) is 0 Å². The Morgan fingerprint density at radius 3 is 2.77 bits per heavy atom. The van der Waals surface area contributed by atoms with Crippen molar-refractivity contribution >= 4 is 0 Å². The third-order valence-electron chi connectivity index (χ3n) is 5.02. The number of likely N-dealkylation sites (tertiary alicyclic amines) is 1. The number of H-pyrrole nitrogens is 1. The van der Waals surface area contributed by atoms with E-state index in [0.29, 0.717) is 18.6 Å². The smallest absolute Gasteiger partial charge is 0.254 e. The lowest BCUT2D eigenvalue weighted by Gasteiger charge is -2.26. The van der Waals surface area contributed by atoms with Gasteiger partial charge in [0.25, 0.3) is 5.56 Å². The number of aromatic nitrogens is 2. The molecule has 1 aromatic carbocycles. The van der Waals surface area contributed by atoms with Crippen LogP contribution in [0.2, 0.25) is 0 Å². The summed E-state index contributed by atoms with van der Waals surface area (Å²) < 4.78 is 5.90. The Hall–Kier alpha value is -2.14. The van der Waals surface area contributed by atoms with Gasteiger partial charge in [-0.1, -0.05) is 18.6 Å². The van der Waals surface area contributed by atoms with Crippen LogP contribution in [-0.2, 0) is 13.0 Å². The molecule has 1 fully saturated rings. The zero-order valence-corrected chi connectivity index (χ0v) is 15.9. The van der Waals surface area contributed by atoms with Crippen molar-refractivity contribution in [2.45, 2.75) is 52.5 Å². The standard InChI is InChI=1S/C21H29N3O2/c1-16-17(2)22-20(23-21(16)25)10-7-13-26-19-9-6-8-18(14-19)15-24-11-4-3-5-12-24/h6,8-9,14H,3-5,7,10-13,15H2,1-2H3,(H,22,23,25). The quantitative estimate of drug-likeness (QED) is 0.774. The molecule has 5 nitrogen and oxygen atoms in total. The van der Waals surface area contributed by atoms with Crippen LogP contribution in [0.25, 0.3) is 0 Å². The van der Waals surface area contributed by atoms with Gasteiger partial charge in [-0.15, -0.1) is 0 Å². The Labute approximate surface area is 155 Å². The van der Waals surface area contributed by atoms with E-state index in [2.05, 4.69) is 33.1 Å². The highest BCUT2D eigenvalue weighted by molar-refractivity contribution is 5.28. The molecule has 5 heteroatoms. The average molecular weight is 355 g/mol. The minimum Gasteiger partial charge on any atom is -0.494 e. The third-order valence-corrected chi connectivity index (χ3v) is 5.02. The molecule has 0 radical (unpaired) electrons. The predicted molar refractivity (Wildman–Crippen MR) is 104 cm³/mol. The highest BCUT2D eigenvalue weighted by Crippen LogP contribution is 2.18. The minimum atomic E-state index is -0.0427. The van der Waals surface area contributed by atoms with Crippen molar-refractivity contribution in [2.75, 3.05) is 19.7 Å². The van der Waals surface area contributed by atoms with E-state index in [0.717, 1.165) is 30.2 Å². The van der Waals surface area contributed by atoms with E-state index in [9.17, 15) is 4.79 Å². The Bertz CT molecular complexity index is 779. The maximum absolute atomic E-state index is 11.8. The number of aryl methyl sites for hydroxylation is 2. The maximum Gasteiger partial charge on any atom is 0.254 e. The van der Waals surface area contributed by atoms with E-state index in [1.807, 2.05) is 13.0 Å². The fourth-order valence-electron chi connectivity index (χ4n) is 3.36. The van der Waals surface area contributed by atoms with Gasteiger partial charge in [-0.05, 0) is 63.9 Å². The summed E-state index contributed by atoms with van der Waals surface area (Å²) in [6.45, 7) is 7.69. The molecule has 0 aliphatic carbocycles. The summed E-state index contributed by atoms with van der Waals surface area (Å²) in [5.41, 5.74) is 2.76. The van der Waals surface area contributed by atoms with Crippen LogP contribution < -0.4 is 10.3 Å². The molecular weight excluding hydrogens is 326 g/mol. The second kappa shape index (κ2) is 8.99. The van der Waals surface area contributed by atoms with Crippen molar-refractivity contribution in [3.63, 3.8) is 0 Å². The molecule has 2 aromatic rings. The van der Waals surface area contributed by atoms with Crippen LogP contribution in [0, 0.1) is 13.8 Å². The Morgan fingerprint density at radius 2 is 2.00 bits per heavy atom. The Morgan fingerprint density at radius 1 is 1.19 bits per heavy atom. The van der Waals surface area contributed by atoms with Crippen molar-refractivity contribution in [3.05, 3.63) is 57.3 Å². The van der Waals surface area contributed by atoms with Gasteiger partial charge in [0, 0.05) is 24.2 Å².